The van der Waals surface area contributed by atoms with Gasteiger partial charge in [0.05, 0.1) is 0 Å². The minimum absolute atomic E-state index is 0.0356. The molecule has 0 spiro atoms. The van der Waals surface area contributed by atoms with Gasteiger partial charge in [0.15, 0.2) is 6.61 Å². The number of benzene rings is 3. The van der Waals surface area contributed by atoms with Crippen LogP contribution < -0.4 is 10.4 Å². The van der Waals surface area contributed by atoms with Crippen molar-refractivity contribution in [1.82, 2.24) is 0 Å². The summed E-state index contributed by atoms with van der Waals surface area (Å²) in [5, 5.41) is 2.72. The molecule has 4 aromatic rings. The van der Waals surface area contributed by atoms with E-state index >= 15 is 0 Å². The molecule has 0 saturated heterocycles. The molecule has 28 heavy (non-hydrogen) atoms. The van der Waals surface area contributed by atoms with Crippen molar-refractivity contribution >= 4 is 27.7 Å². The number of esters is 1. The molecule has 0 fully saturated rings. The van der Waals surface area contributed by atoms with Crippen LogP contribution in [0.4, 0.5) is 0 Å². The summed E-state index contributed by atoms with van der Waals surface area (Å²) in [7, 11) is 0. The Labute approximate surface area is 161 Å². The fourth-order valence-electron chi connectivity index (χ4n) is 3.19. The van der Waals surface area contributed by atoms with E-state index in [1.807, 2.05) is 55.5 Å². The van der Waals surface area contributed by atoms with E-state index in [0.29, 0.717) is 16.9 Å². The number of carbonyl (C=O) groups is 1. The van der Waals surface area contributed by atoms with Gasteiger partial charge < -0.3 is 13.9 Å². The fourth-order valence-corrected chi connectivity index (χ4v) is 3.19. The largest absolute Gasteiger partial charge is 0.482 e. The number of rotatable bonds is 5. The zero-order chi connectivity index (χ0) is 19.5. The maximum Gasteiger partial charge on any atom is 0.344 e. The SMILES string of the molecule is Cc1ccccc1OCC(=O)OCc1cc(=O)oc2ccc3ccccc3c12. The molecule has 3 aromatic carbocycles. The van der Waals surface area contributed by atoms with Crippen molar-refractivity contribution in [2.45, 2.75) is 13.5 Å². The second kappa shape index (κ2) is 7.56. The van der Waals surface area contributed by atoms with Gasteiger partial charge in [-0.1, -0.05) is 48.5 Å². The zero-order valence-corrected chi connectivity index (χ0v) is 15.3. The number of aryl methyl sites for hydroxylation is 1. The van der Waals surface area contributed by atoms with E-state index < -0.39 is 11.6 Å². The molecule has 0 unspecified atom stereocenters. The molecular weight excluding hydrogens is 356 g/mol. The molecule has 140 valence electrons. The van der Waals surface area contributed by atoms with E-state index in [-0.39, 0.29) is 13.2 Å². The van der Waals surface area contributed by atoms with E-state index in [1.54, 1.807) is 12.1 Å². The third-order valence-electron chi connectivity index (χ3n) is 4.54. The van der Waals surface area contributed by atoms with E-state index in [1.165, 1.54) is 6.07 Å². The van der Waals surface area contributed by atoms with Crippen LogP contribution in [0.5, 0.6) is 5.75 Å². The van der Waals surface area contributed by atoms with Gasteiger partial charge in [-0.15, -0.1) is 0 Å². The second-order valence-corrected chi connectivity index (χ2v) is 6.47. The molecule has 0 atom stereocenters. The van der Waals surface area contributed by atoms with Gasteiger partial charge in [-0.25, -0.2) is 9.59 Å². The summed E-state index contributed by atoms with van der Waals surface area (Å²) in [5.41, 5.74) is 1.53. The van der Waals surface area contributed by atoms with Crippen molar-refractivity contribution in [3.8, 4) is 5.75 Å². The summed E-state index contributed by atoms with van der Waals surface area (Å²) in [4.78, 5) is 24.0. The van der Waals surface area contributed by atoms with E-state index in [4.69, 9.17) is 13.9 Å². The number of carbonyl (C=O) groups excluding carboxylic acids is 1. The van der Waals surface area contributed by atoms with Crippen molar-refractivity contribution in [2.24, 2.45) is 0 Å². The van der Waals surface area contributed by atoms with Crippen LogP contribution in [0, 0.1) is 6.92 Å². The predicted octanol–water partition coefficient (Wildman–Crippen LogP) is 4.38. The summed E-state index contributed by atoms with van der Waals surface area (Å²) >= 11 is 0. The summed E-state index contributed by atoms with van der Waals surface area (Å²) in [5.74, 6) is 0.126. The topological polar surface area (TPSA) is 65.7 Å². The molecule has 0 bridgehead atoms. The molecule has 4 rings (SSSR count). The van der Waals surface area contributed by atoms with Crippen molar-refractivity contribution < 1.29 is 18.7 Å². The lowest BCUT2D eigenvalue weighted by atomic mass is 10.0. The fraction of sp³-hybridized carbons (Fsp3) is 0.130. The quantitative estimate of drug-likeness (QED) is 0.295. The molecular formula is C23H18O5. The van der Waals surface area contributed by atoms with Crippen LogP contribution in [-0.4, -0.2) is 12.6 Å². The Morgan fingerprint density at radius 3 is 2.64 bits per heavy atom. The van der Waals surface area contributed by atoms with Crippen LogP contribution in [0.25, 0.3) is 21.7 Å². The first-order chi connectivity index (χ1) is 13.6. The monoisotopic (exact) mass is 374 g/mol. The molecule has 0 aliphatic heterocycles. The highest BCUT2D eigenvalue weighted by molar-refractivity contribution is 6.07. The van der Waals surface area contributed by atoms with Gasteiger partial charge in [-0.3, -0.25) is 0 Å². The van der Waals surface area contributed by atoms with Crippen molar-refractivity contribution in [1.29, 1.82) is 0 Å². The van der Waals surface area contributed by atoms with Gasteiger partial charge in [0.2, 0.25) is 0 Å². The van der Waals surface area contributed by atoms with Crippen LogP contribution in [0.15, 0.2) is 75.9 Å². The summed E-state index contributed by atoms with van der Waals surface area (Å²) in [6, 6.07) is 20.2. The Kier molecular flexibility index (Phi) is 4.81. The second-order valence-electron chi connectivity index (χ2n) is 6.47. The summed E-state index contributed by atoms with van der Waals surface area (Å²) < 4.78 is 16.2. The van der Waals surface area contributed by atoms with Gasteiger partial charge in [0, 0.05) is 17.0 Å². The van der Waals surface area contributed by atoms with Crippen LogP contribution in [0.2, 0.25) is 0 Å². The van der Waals surface area contributed by atoms with Gasteiger partial charge in [0.25, 0.3) is 0 Å². The van der Waals surface area contributed by atoms with Gasteiger partial charge >= 0.3 is 11.6 Å². The van der Waals surface area contributed by atoms with E-state index in [9.17, 15) is 9.59 Å². The average Bonchev–Trinajstić information content (AvgIpc) is 2.71. The first-order valence-electron chi connectivity index (χ1n) is 8.90. The van der Waals surface area contributed by atoms with Crippen LogP contribution >= 0.6 is 0 Å². The van der Waals surface area contributed by atoms with Crippen molar-refractivity contribution in [3.63, 3.8) is 0 Å². The summed E-state index contributed by atoms with van der Waals surface area (Å²) in [6.45, 7) is 1.66. The molecule has 0 saturated carbocycles. The van der Waals surface area contributed by atoms with E-state index in [2.05, 4.69) is 0 Å². The van der Waals surface area contributed by atoms with Gasteiger partial charge in [0.1, 0.15) is 17.9 Å². The number of hydrogen-bond donors (Lipinski definition) is 0. The molecule has 1 aromatic heterocycles. The lowest BCUT2D eigenvalue weighted by Crippen LogP contribution is -2.15. The first kappa shape index (κ1) is 17.8. The Hall–Kier alpha value is -3.60. The Morgan fingerprint density at radius 1 is 1.00 bits per heavy atom. The van der Waals surface area contributed by atoms with Crippen molar-refractivity contribution in [3.05, 3.63) is 88.3 Å². The molecule has 0 N–H and O–H groups in total. The molecule has 5 heteroatoms. The maximum absolute atomic E-state index is 12.1. The van der Waals surface area contributed by atoms with Crippen molar-refractivity contribution in [2.75, 3.05) is 6.61 Å². The number of ether oxygens (including phenoxy) is 2. The minimum atomic E-state index is -0.509. The normalized spacial score (nSPS) is 10.9. The lowest BCUT2D eigenvalue weighted by Gasteiger charge is -2.11. The highest BCUT2D eigenvalue weighted by Crippen LogP contribution is 2.27. The van der Waals surface area contributed by atoms with Gasteiger partial charge in [-0.2, -0.15) is 0 Å². The number of hydrogen-bond acceptors (Lipinski definition) is 5. The number of para-hydroxylation sites is 1. The number of fused-ring (bicyclic) bond motifs is 3. The van der Waals surface area contributed by atoms with Crippen LogP contribution in [0.3, 0.4) is 0 Å². The molecule has 1 heterocycles. The maximum atomic E-state index is 12.1. The van der Waals surface area contributed by atoms with Gasteiger partial charge in [-0.05, 0) is 35.4 Å². The van der Waals surface area contributed by atoms with Crippen LogP contribution in [-0.2, 0) is 16.1 Å². The van der Waals surface area contributed by atoms with Crippen LogP contribution in [0.1, 0.15) is 11.1 Å². The zero-order valence-electron chi connectivity index (χ0n) is 15.3. The molecule has 0 radical (unpaired) electrons. The highest BCUT2D eigenvalue weighted by Gasteiger charge is 2.12. The molecule has 0 aliphatic carbocycles. The Morgan fingerprint density at radius 2 is 1.79 bits per heavy atom. The lowest BCUT2D eigenvalue weighted by molar-refractivity contribution is -0.147. The minimum Gasteiger partial charge on any atom is -0.482 e. The summed E-state index contributed by atoms with van der Waals surface area (Å²) in [6.07, 6.45) is 0. The predicted molar refractivity (Wildman–Crippen MR) is 106 cm³/mol. The molecule has 5 nitrogen and oxygen atoms in total. The Bertz CT molecular complexity index is 1220. The van der Waals surface area contributed by atoms with E-state index in [0.717, 1.165) is 21.7 Å². The molecule has 0 amide bonds. The Balaban J connectivity index is 1.56. The molecule has 0 aliphatic rings. The average molecular weight is 374 g/mol. The smallest absolute Gasteiger partial charge is 0.344 e. The third-order valence-corrected chi connectivity index (χ3v) is 4.54. The standard InChI is InChI=1S/C23H18O5/c1-15-6-2-5-9-19(15)26-14-22(25)27-13-17-12-21(24)28-20-11-10-16-7-3-4-8-18(16)23(17)20/h2-12H,13-14H2,1H3. The first-order valence-corrected chi connectivity index (χ1v) is 8.90. The third kappa shape index (κ3) is 3.60. The highest BCUT2D eigenvalue weighted by atomic mass is 16.6.